The van der Waals surface area contributed by atoms with Gasteiger partial charge in [-0.2, -0.15) is 0 Å². The van der Waals surface area contributed by atoms with Crippen molar-refractivity contribution in [2.45, 2.75) is 47.2 Å². The Labute approximate surface area is 218 Å². The average molecular weight is 543 g/mol. The first-order valence-corrected chi connectivity index (χ1v) is 13.9. The fourth-order valence-electron chi connectivity index (χ4n) is 3.38. The summed E-state index contributed by atoms with van der Waals surface area (Å²) in [5.74, 6) is -0.692. The van der Waals surface area contributed by atoms with Gasteiger partial charge in [0.2, 0.25) is 21.8 Å². The molecule has 0 bridgehead atoms. The lowest BCUT2D eigenvalue weighted by Gasteiger charge is -2.32. The van der Waals surface area contributed by atoms with Gasteiger partial charge in [0.15, 0.2) is 0 Å². The highest BCUT2D eigenvalue weighted by Gasteiger charge is 2.31. The summed E-state index contributed by atoms with van der Waals surface area (Å²) in [4.78, 5) is 27.8. The highest BCUT2D eigenvalue weighted by Crippen LogP contribution is 2.27. The smallest absolute Gasteiger partial charge is 0.244 e. The Morgan fingerprint density at radius 2 is 1.60 bits per heavy atom. The van der Waals surface area contributed by atoms with Crippen LogP contribution in [0.3, 0.4) is 0 Å². The third-order valence-electron chi connectivity index (χ3n) is 5.70. The number of sulfonamides is 1. The number of carbonyl (C=O) groups is 2. The van der Waals surface area contributed by atoms with Crippen molar-refractivity contribution in [1.82, 2.24) is 10.2 Å². The van der Waals surface area contributed by atoms with E-state index in [0.29, 0.717) is 27.8 Å². The highest BCUT2D eigenvalue weighted by atomic mass is 35.5. The van der Waals surface area contributed by atoms with Gasteiger partial charge in [-0.1, -0.05) is 49.2 Å². The minimum atomic E-state index is -3.80. The van der Waals surface area contributed by atoms with Crippen molar-refractivity contribution in [2.24, 2.45) is 5.92 Å². The molecule has 0 aliphatic carbocycles. The third kappa shape index (κ3) is 7.85. The minimum absolute atomic E-state index is 0.0574. The number of anilines is 1. The molecule has 1 atom stereocenters. The number of hydrogen-bond donors (Lipinski definition) is 1. The zero-order valence-corrected chi connectivity index (χ0v) is 23.3. The maximum Gasteiger partial charge on any atom is 0.244 e. The summed E-state index contributed by atoms with van der Waals surface area (Å²) in [6.07, 6.45) is 1.05. The molecule has 0 aliphatic heterocycles. The Morgan fingerprint density at radius 1 is 1.00 bits per heavy atom. The van der Waals surface area contributed by atoms with Crippen molar-refractivity contribution in [3.63, 3.8) is 0 Å². The van der Waals surface area contributed by atoms with Gasteiger partial charge in [-0.25, -0.2) is 8.42 Å². The molecule has 7 nitrogen and oxygen atoms in total. The van der Waals surface area contributed by atoms with Crippen LogP contribution >= 0.6 is 23.2 Å². The molecule has 2 aromatic rings. The number of carbonyl (C=O) groups excluding carboxylic acids is 2. The lowest BCUT2D eigenvalue weighted by molar-refractivity contribution is -0.139. The first kappa shape index (κ1) is 28.9. The monoisotopic (exact) mass is 541 g/mol. The van der Waals surface area contributed by atoms with E-state index in [2.05, 4.69) is 5.32 Å². The number of rotatable bonds is 10. The second-order valence-corrected chi connectivity index (χ2v) is 11.8. The van der Waals surface area contributed by atoms with Crippen LogP contribution in [0.2, 0.25) is 10.0 Å². The number of amides is 2. The number of aryl methyl sites for hydroxylation is 2. The lowest BCUT2D eigenvalue weighted by Crippen LogP contribution is -2.51. The van der Waals surface area contributed by atoms with Gasteiger partial charge in [0.25, 0.3) is 0 Å². The van der Waals surface area contributed by atoms with Gasteiger partial charge in [0, 0.05) is 28.7 Å². The van der Waals surface area contributed by atoms with E-state index in [4.69, 9.17) is 23.2 Å². The Kier molecular flexibility index (Phi) is 10.0. The lowest BCUT2D eigenvalue weighted by atomic mass is 10.1. The van der Waals surface area contributed by atoms with E-state index in [-0.39, 0.29) is 18.4 Å². The molecule has 0 saturated heterocycles. The number of nitrogens with zero attached hydrogens (tertiary/aromatic N) is 2. The molecule has 0 radical (unpaired) electrons. The van der Waals surface area contributed by atoms with Crippen molar-refractivity contribution in [2.75, 3.05) is 23.7 Å². The van der Waals surface area contributed by atoms with Crippen molar-refractivity contribution in [1.29, 1.82) is 0 Å². The van der Waals surface area contributed by atoms with Gasteiger partial charge in [0.1, 0.15) is 12.6 Å². The van der Waals surface area contributed by atoms with Gasteiger partial charge in [-0.05, 0) is 62.1 Å². The van der Waals surface area contributed by atoms with Crippen molar-refractivity contribution < 1.29 is 18.0 Å². The standard InChI is InChI=1S/C25H33Cl2N3O4S/c1-16(2)13-28-25(32)19(5)29(14-21-22(26)8-7-9-23(21)27)24(31)15-30(35(6,33)34)20-11-10-17(3)18(4)12-20/h7-12,16,19H,13-15H2,1-6H3,(H,28,32)/t19-/m0/s1. The normalized spacial score (nSPS) is 12.4. The van der Waals surface area contributed by atoms with E-state index in [1.165, 1.54) is 4.90 Å². The zero-order chi connectivity index (χ0) is 26.5. The topological polar surface area (TPSA) is 86.8 Å². The van der Waals surface area contributed by atoms with E-state index in [0.717, 1.165) is 21.7 Å². The number of hydrogen-bond acceptors (Lipinski definition) is 4. The van der Waals surface area contributed by atoms with Gasteiger partial charge in [0.05, 0.1) is 11.9 Å². The number of benzene rings is 2. The van der Waals surface area contributed by atoms with E-state index in [1.54, 1.807) is 43.3 Å². The van der Waals surface area contributed by atoms with Crippen LogP contribution in [0.4, 0.5) is 5.69 Å². The second kappa shape index (κ2) is 12.1. The van der Waals surface area contributed by atoms with Crippen LogP contribution < -0.4 is 9.62 Å². The number of nitrogens with one attached hydrogen (secondary N) is 1. The van der Waals surface area contributed by atoms with Crippen LogP contribution in [-0.4, -0.2) is 50.5 Å². The summed E-state index contributed by atoms with van der Waals surface area (Å²) >= 11 is 12.7. The summed E-state index contributed by atoms with van der Waals surface area (Å²) in [5, 5.41) is 3.52. The van der Waals surface area contributed by atoms with E-state index < -0.39 is 28.5 Å². The predicted molar refractivity (Wildman–Crippen MR) is 142 cm³/mol. The molecule has 0 heterocycles. The minimum Gasteiger partial charge on any atom is -0.354 e. The Hall–Kier alpha value is -2.29. The van der Waals surface area contributed by atoms with Crippen LogP contribution in [0.15, 0.2) is 36.4 Å². The van der Waals surface area contributed by atoms with E-state index in [1.807, 2.05) is 27.7 Å². The van der Waals surface area contributed by atoms with Crippen LogP contribution in [0.1, 0.15) is 37.5 Å². The van der Waals surface area contributed by atoms with Crippen LogP contribution in [0, 0.1) is 19.8 Å². The molecule has 2 amide bonds. The Morgan fingerprint density at radius 3 is 2.11 bits per heavy atom. The van der Waals surface area contributed by atoms with Crippen LogP contribution in [0.25, 0.3) is 0 Å². The average Bonchev–Trinajstić information content (AvgIpc) is 2.76. The third-order valence-corrected chi connectivity index (χ3v) is 7.55. The first-order valence-electron chi connectivity index (χ1n) is 11.3. The summed E-state index contributed by atoms with van der Waals surface area (Å²) in [6, 6.07) is 9.26. The van der Waals surface area contributed by atoms with Crippen LogP contribution in [-0.2, 0) is 26.2 Å². The first-order chi connectivity index (χ1) is 16.2. The molecule has 0 saturated carbocycles. The molecular formula is C25H33Cl2N3O4S. The maximum atomic E-state index is 13.6. The molecule has 192 valence electrons. The van der Waals surface area contributed by atoms with Gasteiger partial charge in [-0.3, -0.25) is 13.9 Å². The molecule has 0 unspecified atom stereocenters. The summed E-state index contributed by atoms with van der Waals surface area (Å²) in [5.41, 5.74) is 2.74. The SMILES string of the molecule is Cc1ccc(N(CC(=O)N(Cc2c(Cl)cccc2Cl)[C@@H](C)C(=O)NCC(C)C)S(C)(=O)=O)cc1C. The summed E-state index contributed by atoms with van der Waals surface area (Å²) in [7, 11) is -3.80. The van der Waals surface area contributed by atoms with Crippen molar-refractivity contribution >= 4 is 50.7 Å². The zero-order valence-electron chi connectivity index (χ0n) is 20.9. The van der Waals surface area contributed by atoms with Crippen molar-refractivity contribution in [3.8, 4) is 0 Å². The van der Waals surface area contributed by atoms with Gasteiger partial charge < -0.3 is 10.2 Å². The molecule has 2 aromatic carbocycles. The molecule has 0 fully saturated rings. The Balaban J connectivity index is 2.45. The fourth-order valence-corrected chi connectivity index (χ4v) is 4.74. The quantitative estimate of drug-likeness (QED) is 0.477. The molecule has 0 spiro atoms. The van der Waals surface area contributed by atoms with Crippen LogP contribution in [0.5, 0.6) is 0 Å². The second-order valence-electron chi connectivity index (χ2n) is 9.08. The van der Waals surface area contributed by atoms with E-state index >= 15 is 0 Å². The fraction of sp³-hybridized carbons (Fsp3) is 0.440. The summed E-state index contributed by atoms with van der Waals surface area (Å²) in [6.45, 7) is 9.21. The predicted octanol–water partition coefficient (Wildman–Crippen LogP) is 4.57. The largest absolute Gasteiger partial charge is 0.354 e. The molecule has 0 aliphatic rings. The van der Waals surface area contributed by atoms with Gasteiger partial charge in [-0.15, -0.1) is 0 Å². The Bertz CT molecular complexity index is 1160. The molecule has 0 aromatic heterocycles. The molecule has 2 rings (SSSR count). The highest BCUT2D eigenvalue weighted by molar-refractivity contribution is 7.92. The molecule has 1 N–H and O–H groups in total. The maximum absolute atomic E-state index is 13.6. The summed E-state index contributed by atoms with van der Waals surface area (Å²) < 4.78 is 26.4. The van der Waals surface area contributed by atoms with Gasteiger partial charge >= 0.3 is 0 Å². The number of halogens is 2. The van der Waals surface area contributed by atoms with Crippen molar-refractivity contribution in [3.05, 3.63) is 63.1 Å². The molecule has 10 heteroatoms. The molecule has 35 heavy (non-hydrogen) atoms. The molecular weight excluding hydrogens is 509 g/mol. The van der Waals surface area contributed by atoms with E-state index in [9.17, 15) is 18.0 Å².